The lowest BCUT2D eigenvalue weighted by Crippen LogP contribution is -2.52. The molecule has 0 bridgehead atoms. The van der Waals surface area contributed by atoms with Gasteiger partial charge in [0.2, 0.25) is 5.91 Å². The van der Waals surface area contributed by atoms with Gasteiger partial charge in [-0.2, -0.15) is 0 Å². The first kappa shape index (κ1) is 18.3. The van der Waals surface area contributed by atoms with E-state index in [4.69, 9.17) is 9.15 Å². The van der Waals surface area contributed by atoms with E-state index in [-0.39, 0.29) is 23.3 Å². The van der Waals surface area contributed by atoms with E-state index in [1.165, 1.54) is 6.26 Å². The molecule has 29 heavy (non-hydrogen) atoms. The van der Waals surface area contributed by atoms with E-state index >= 15 is 0 Å². The summed E-state index contributed by atoms with van der Waals surface area (Å²) >= 11 is 0. The Balaban J connectivity index is 1.30. The normalized spacial score (nSPS) is 22.6. The third-order valence-corrected chi connectivity index (χ3v) is 6.37. The first-order chi connectivity index (χ1) is 14.1. The van der Waals surface area contributed by atoms with Crippen LogP contribution in [0.15, 0.2) is 47.1 Å². The Bertz CT molecular complexity index is 895. The highest BCUT2D eigenvalue weighted by molar-refractivity contribution is 5.91. The smallest absolute Gasteiger partial charge is 0.289 e. The second-order valence-electron chi connectivity index (χ2n) is 8.54. The zero-order valence-electron chi connectivity index (χ0n) is 16.4. The number of para-hydroxylation sites is 1. The van der Waals surface area contributed by atoms with Gasteiger partial charge in [-0.1, -0.05) is 18.2 Å². The molecule has 1 atom stereocenters. The number of nitrogens with one attached hydrogen (secondary N) is 1. The first-order valence-corrected chi connectivity index (χ1v) is 10.5. The molecule has 1 N–H and O–H groups in total. The van der Waals surface area contributed by atoms with Crippen LogP contribution in [0.25, 0.3) is 0 Å². The number of rotatable bonds is 4. The van der Waals surface area contributed by atoms with Gasteiger partial charge in [0.15, 0.2) is 5.76 Å². The van der Waals surface area contributed by atoms with Gasteiger partial charge in [0.05, 0.1) is 6.26 Å². The van der Waals surface area contributed by atoms with Gasteiger partial charge in [0.25, 0.3) is 5.91 Å². The first-order valence-electron chi connectivity index (χ1n) is 10.5. The van der Waals surface area contributed by atoms with E-state index in [0.717, 1.165) is 43.4 Å². The van der Waals surface area contributed by atoms with Crippen molar-refractivity contribution >= 4 is 11.8 Å². The van der Waals surface area contributed by atoms with E-state index in [0.29, 0.717) is 31.3 Å². The van der Waals surface area contributed by atoms with Gasteiger partial charge in [-0.25, -0.2) is 0 Å². The molecule has 2 amide bonds. The Morgan fingerprint density at radius 2 is 1.90 bits per heavy atom. The molecule has 2 fully saturated rings. The third-order valence-electron chi connectivity index (χ3n) is 6.37. The van der Waals surface area contributed by atoms with Crippen LogP contribution < -0.4 is 10.1 Å². The molecule has 1 saturated carbocycles. The summed E-state index contributed by atoms with van der Waals surface area (Å²) < 4.78 is 11.8. The lowest BCUT2D eigenvalue weighted by atomic mass is 9.76. The van der Waals surface area contributed by atoms with Crippen molar-refractivity contribution in [3.05, 3.63) is 54.0 Å². The Morgan fingerprint density at radius 1 is 1.10 bits per heavy atom. The molecule has 6 nitrogen and oxygen atoms in total. The minimum atomic E-state index is -0.321. The number of hydrogen-bond donors (Lipinski definition) is 1. The molecule has 3 heterocycles. The molecule has 1 saturated heterocycles. The highest BCUT2D eigenvalue weighted by atomic mass is 16.5. The molecule has 1 spiro atoms. The second-order valence-corrected chi connectivity index (χ2v) is 8.54. The lowest BCUT2D eigenvalue weighted by Gasteiger charge is -2.46. The molecule has 1 aromatic heterocycles. The fourth-order valence-electron chi connectivity index (χ4n) is 4.64. The maximum absolute atomic E-state index is 12.6. The van der Waals surface area contributed by atoms with Crippen molar-refractivity contribution in [3.8, 4) is 5.75 Å². The van der Waals surface area contributed by atoms with Gasteiger partial charge in [0, 0.05) is 44.3 Å². The molecular formula is C23H26N2O4. The van der Waals surface area contributed by atoms with Crippen molar-refractivity contribution in [2.24, 2.45) is 0 Å². The summed E-state index contributed by atoms with van der Waals surface area (Å²) in [5.74, 6) is 1.47. The molecule has 1 aromatic carbocycles. The molecule has 1 aliphatic carbocycles. The number of nitrogens with zero attached hydrogens (tertiary/aromatic N) is 1. The predicted molar refractivity (Wildman–Crippen MR) is 107 cm³/mol. The summed E-state index contributed by atoms with van der Waals surface area (Å²) in [5, 5.41) is 3.12. The fourth-order valence-corrected chi connectivity index (χ4v) is 4.64. The molecule has 0 unspecified atom stereocenters. The molecule has 6 heteroatoms. The van der Waals surface area contributed by atoms with Crippen LogP contribution in [0, 0.1) is 0 Å². The number of hydrogen-bond acceptors (Lipinski definition) is 4. The van der Waals surface area contributed by atoms with Gasteiger partial charge < -0.3 is 19.4 Å². The monoisotopic (exact) mass is 394 g/mol. The van der Waals surface area contributed by atoms with Gasteiger partial charge in [0.1, 0.15) is 11.4 Å². The average molecular weight is 394 g/mol. The number of fused-ring (bicyclic) bond motifs is 1. The van der Waals surface area contributed by atoms with Crippen LogP contribution >= 0.6 is 0 Å². The van der Waals surface area contributed by atoms with Crippen molar-refractivity contribution < 1.29 is 18.7 Å². The average Bonchev–Trinajstić information content (AvgIpc) is 3.36. The van der Waals surface area contributed by atoms with Crippen LogP contribution in [0.1, 0.15) is 60.6 Å². The van der Waals surface area contributed by atoms with Crippen LogP contribution in [0.2, 0.25) is 0 Å². The van der Waals surface area contributed by atoms with Crippen LogP contribution in [-0.4, -0.2) is 41.4 Å². The van der Waals surface area contributed by atoms with Gasteiger partial charge in [-0.3, -0.25) is 9.59 Å². The third kappa shape index (κ3) is 3.76. The maximum atomic E-state index is 12.6. The van der Waals surface area contributed by atoms with Gasteiger partial charge in [-0.15, -0.1) is 0 Å². The molecular weight excluding hydrogens is 368 g/mol. The summed E-state index contributed by atoms with van der Waals surface area (Å²) in [6, 6.07) is 11.9. The molecule has 3 aliphatic rings. The Labute approximate surface area is 170 Å². The lowest BCUT2D eigenvalue weighted by molar-refractivity contribution is -0.122. The molecule has 152 valence electrons. The number of benzene rings is 1. The van der Waals surface area contributed by atoms with E-state index < -0.39 is 0 Å². The van der Waals surface area contributed by atoms with Crippen molar-refractivity contribution in [2.45, 2.75) is 56.1 Å². The van der Waals surface area contributed by atoms with Gasteiger partial charge >= 0.3 is 0 Å². The highest BCUT2D eigenvalue weighted by Crippen LogP contribution is 2.46. The van der Waals surface area contributed by atoms with Crippen LogP contribution in [-0.2, 0) is 4.79 Å². The summed E-state index contributed by atoms with van der Waals surface area (Å²) in [6.45, 7) is 1.26. The molecule has 2 aromatic rings. The number of amides is 2. The number of carbonyl (C=O) groups is 2. The standard InChI is InChI=1S/C23H26N2O4/c26-21(24-17-7-8-17)14-16-15-23(29-19-5-2-1-4-18(16)19)9-11-25(12-10-23)22(27)20-6-3-13-28-20/h1-6,13,16-17H,7-12,14-15H2,(H,24,26)/t16-/m0/s1. The van der Waals surface area contributed by atoms with E-state index in [1.54, 1.807) is 12.1 Å². The van der Waals surface area contributed by atoms with E-state index in [1.807, 2.05) is 23.1 Å². The number of carbonyl (C=O) groups excluding carboxylic acids is 2. The molecule has 5 rings (SSSR count). The molecule has 0 radical (unpaired) electrons. The molecule has 2 aliphatic heterocycles. The SMILES string of the molecule is O=C(C[C@H]1CC2(CCN(C(=O)c3ccco3)CC2)Oc2ccccc21)NC1CC1. The van der Waals surface area contributed by atoms with Crippen LogP contribution in [0.4, 0.5) is 0 Å². The maximum Gasteiger partial charge on any atom is 0.289 e. The fraction of sp³-hybridized carbons (Fsp3) is 0.478. The van der Waals surface area contributed by atoms with E-state index in [2.05, 4.69) is 11.4 Å². The highest BCUT2D eigenvalue weighted by Gasteiger charge is 2.44. The summed E-state index contributed by atoms with van der Waals surface area (Å²) in [5.41, 5.74) is 0.803. The van der Waals surface area contributed by atoms with Crippen molar-refractivity contribution in [2.75, 3.05) is 13.1 Å². The quantitative estimate of drug-likeness (QED) is 0.862. The van der Waals surface area contributed by atoms with Crippen LogP contribution in [0.5, 0.6) is 5.75 Å². The van der Waals surface area contributed by atoms with Crippen molar-refractivity contribution in [3.63, 3.8) is 0 Å². The van der Waals surface area contributed by atoms with Crippen molar-refractivity contribution in [1.29, 1.82) is 0 Å². The zero-order chi connectivity index (χ0) is 19.8. The Hall–Kier alpha value is -2.76. The summed E-state index contributed by atoms with van der Waals surface area (Å²) in [7, 11) is 0. The minimum Gasteiger partial charge on any atom is -0.487 e. The minimum absolute atomic E-state index is 0.0681. The van der Waals surface area contributed by atoms with Crippen molar-refractivity contribution in [1.82, 2.24) is 10.2 Å². The zero-order valence-corrected chi connectivity index (χ0v) is 16.4. The van der Waals surface area contributed by atoms with Crippen LogP contribution in [0.3, 0.4) is 0 Å². The summed E-state index contributed by atoms with van der Waals surface area (Å²) in [6.07, 6.45) is 6.54. The number of ether oxygens (including phenoxy) is 1. The largest absolute Gasteiger partial charge is 0.487 e. The topological polar surface area (TPSA) is 71.8 Å². The predicted octanol–water partition coefficient (Wildman–Crippen LogP) is 3.49. The van der Waals surface area contributed by atoms with E-state index in [9.17, 15) is 9.59 Å². The number of furan rings is 1. The van der Waals surface area contributed by atoms with Gasteiger partial charge in [-0.05, 0) is 43.0 Å². The number of likely N-dealkylation sites (tertiary alicyclic amines) is 1. The summed E-state index contributed by atoms with van der Waals surface area (Å²) in [4.78, 5) is 26.9. The number of piperidine rings is 1. The Kier molecular flexibility index (Phi) is 4.57. The second kappa shape index (κ2) is 7.25. The Morgan fingerprint density at radius 3 is 2.62 bits per heavy atom.